The van der Waals surface area contributed by atoms with Crippen molar-refractivity contribution in [2.45, 2.75) is 19.4 Å². The lowest BCUT2D eigenvalue weighted by atomic mass is 10.2. The zero-order valence-corrected chi connectivity index (χ0v) is 9.84. The van der Waals surface area contributed by atoms with E-state index in [-0.39, 0.29) is 0 Å². The third kappa shape index (κ3) is 3.52. The summed E-state index contributed by atoms with van der Waals surface area (Å²) in [6, 6.07) is 7.85. The van der Waals surface area contributed by atoms with Gasteiger partial charge in [0.05, 0.1) is 17.7 Å². The summed E-state index contributed by atoms with van der Waals surface area (Å²) in [7, 11) is 0. The summed E-state index contributed by atoms with van der Waals surface area (Å²) in [5.41, 5.74) is 7.67. The number of nitrogens with zero attached hydrogens (tertiary/aromatic N) is 2. The molecule has 0 aliphatic rings. The molecule has 0 unspecified atom stereocenters. The molecule has 0 spiro atoms. The molecule has 0 saturated heterocycles. The molecule has 0 amide bonds. The highest BCUT2D eigenvalue weighted by Gasteiger charge is 1.96. The Bertz CT molecular complexity index is 436. The number of anilines is 2. The van der Waals surface area contributed by atoms with Gasteiger partial charge in [-0.1, -0.05) is 12.1 Å². The van der Waals surface area contributed by atoms with E-state index in [1.54, 1.807) is 0 Å². The number of imidazole rings is 1. The van der Waals surface area contributed by atoms with Gasteiger partial charge in [0.25, 0.3) is 0 Å². The topological polar surface area (TPSA) is 55.9 Å². The fraction of sp³-hybridized carbons (Fsp3) is 0.308. The number of unbranched alkanes of at least 4 members (excludes halogenated alkanes) is 1. The van der Waals surface area contributed by atoms with E-state index >= 15 is 0 Å². The van der Waals surface area contributed by atoms with Gasteiger partial charge in [0, 0.05) is 25.5 Å². The van der Waals surface area contributed by atoms with Gasteiger partial charge in [-0.25, -0.2) is 4.98 Å². The molecule has 0 aliphatic heterocycles. The molecular weight excluding hydrogens is 212 g/mol. The van der Waals surface area contributed by atoms with Crippen molar-refractivity contribution < 1.29 is 0 Å². The van der Waals surface area contributed by atoms with E-state index in [1.165, 1.54) is 0 Å². The van der Waals surface area contributed by atoms with Gasteiger partial charge >= 0.3 is 0 Å². The normalized spacial score (nSPS) is 10.4. The fourth-order valence-electron chi connectivity index (χ4n) is 1.72. The number of hydrogen-bond donors (Lipinski definition) is 2. The summed E-state index contributed by atoms with van der Waals surface area (Å²) in [6.07, 6.45) is 7.90. The molecule has 0 saturated carbocycles. The zero-order valence-electron chi connectivity index (χ0n) is 9.84. The third-order valence-corrected chi connectivity index (χ3v) is 2.68. The number of rotatable bonds is 6. The first kappa shape index (κ1) is 11.5. The van der Waals surface area contributed by atoms with Crippen LogP contribution in [0, 0.1) is 0 Å². The first-order valence-electron chi connectivity index (χ1n) is 5.90. The number of aryl methyl sites for hydroxylation is 1. The Morgan fingerprint density at radius 1 is 1.24 bits per heavy atom. The second-order valence-electron chi connectivity index (χ2n) is 4.02. The van der Waals surface area contributed by atoms with Gasteiger partial charge in [-0.05, 0) is 25.0 Å². The molecule has 0 aliphatic carbocycles. The van der Waals surface area contributed by atoms with Crippen LogP contribution < -0.4 is 11.1 Å². The minimum absolute atomic E-state index is 0.808. The number of aromatic nitrogens is 2. The second kappa shape index (κ2) is 5.94. The van der Waals surface area contributed by atoms with Crippen LogP contribution in [0.15, 0.2) is 43.0 Å². The number of hydrogen-bond acceptors (Lipinski definition) is 3. The van der Waals surface area contributed by atoms with Crippen molar-refractivity contribution in [3.63, 3.8) is 0 Å². The molecule has 1 aromatic heterocycles. The average Bonchev–Trinajstić information content (AvgIpc) is 2.84. The Morgan fingerprint density at radius 3 is 2.88 bits per heavy atom. The van der Waals surface area contributed by atoms with Crippen molar-refractivity contribution >= 4 is 11.4 Å². The van der Waals surface area contributed by atoms with Gasteiger partial charge in [-0.3, -0.25) is 0 Å². The summed E-state index contributed by atoms with van der Waals surface area (Å²) in [5.74, 6) is 0. The number of benzene rings is 1. The maximum absolute atomic E-state index is 5.84. The van der Waals surface area contributed by atoms with Crippen molar-refractivity contribution in [3.05, 3.63) is 43.0 Å². The number of nitrogens with two attached hydrogens (primary N) is 1. The highest BCUT2D eigenvalue weighted by molar-refractivity contribution is 5.65. The Balaban J connectivity index is 1.65. The molecule has 1 aromatic carbocycles. The van der Waals surface area contributed by atoms with Crippen LogP contribution in [0.5, 0.6) is 0 Å². The zero-order chi connectivity index (χ0) is 11.9. The van der Waals surface area contributed by atoms with E-state index in [4.69, 9.17) is 5.73 Å². The van der Waals surface area contributed by atoms with Crippen molar-refractivity contribution in [2.24, 2.45) is 0 Å². The monoisotopic (exact) mass is 230 g/mol. The lowest BCUT2D eigenvalue weighted by Crippen LogP contribution is -2.05. The van der Waals surface area contributed by atoms with Gasteiger partial charge in [-0.2, -0.15) is 0 Å². The molecule has 0 fully saturated rings. The van der Waals surface area contributed by atoms with Crippen molar-refractivity contribution in [3.8, 4) is 0 Å². The molecule has 4 nitrogen and oxygen atoms in total. The van der Waals surface area contributed by atoms with Crippen LogP contribution >= 0.6 is 0 Å². The van der Waals surface area contributed by atoms with Gasteiger partial charge < -0.3 is 15.6 Å². The molecule has 17 heavy (non-hydrogen) atoms. The number of nitrogens with one attached hydrogen (secondary N) is 1. The van der Waals surface area contributed by atoms with Crippen molar-refractivity contribution in [2.75, 3.05) is 17.6 Å². The van der Waals surface area contributed by atoms with Crippen LogP contribution in [-0.4, -0.2) is 16.1 Å². The van der Waals surface area contributed by atoms with Crippen molar-refractivity contribution in [1.29, 1.82) is 0 Å². The van der Waals surface area contributed by atoms with Crippen LogP contribution in [0.3, 0.4) is 0 Å². The van der Waals surface area contributed by atoms with Gasteiger partial charge in [0.2, 0.25) is 0 Å². The van der Waals surface area contributed by atoms with E-state index < -0.39 is 0 Å². The third-order valence-electron chi connectivity index (χ3n) is 2.68. The Labute approximate surface area is 101 Å². The highest BCUT2D eigenvalue weighted by atomic mass is 15.0. The van der Waals surface area contributed by atoms with Crippen LogP contribution in [0.1, 0.15) is 12.8 Å². The van der Waals surface area contributed by atoms with Gasteiger partial charge in [0.15, 0.2) is 0 Å². The first-order valence-corrected chi connectivity index (χ1v) is 5.90. The van der Waals surface area contributed by atoms with E-state index in [1.807, 2.05) is 43.0 Å². The maximum Gasteiger partial charge on any atom is 0.0945 e. The number of para-hydroxylation sites is 2. The quantitative estimate of drug-likeness (QED) is 0.591. The summed E-state index contributed by atoms with van der Waals surface area (Å²) in [4.78, 5) is 4.01. The van der Waals surface area contributed by atoms with Crippen LogP contribution in [0.2, 0.25) is 0 Å². The standard InChI is InChI=1S/C13H18N4/c14-12-5-1-2-6-13(12)16-7-3-4-9-17-10-8-15-11-17/h1-2,5-6,8,10-11,16H,3-4,7,9,14H2. The molecule has 3 N–H and O–H groups in total. The molecule has 1 heterocycles. The first-order chi connectivity index (χ1) is 8.36. The molecule has 0 atom stereocenters. The highest BCUT2D eigenvalue weighted by Crippen LogP contribution is 2.16. The molecule has 4 heteroatoms. The maximum atomic E-state index is 5.84. The SMILES string of the molecule is Nc1ccccc1NCCCCn1ccnc1. The molecule has 0 bridgehead atoms. The van der Waals surface area contributed by atoms with Crippen LogP contribution in [0.4, 0.5) is 11.4 Å². The molecule has 2 rings (SSSR count). The predicted molar refractivity (Wildman–Crippen MR) is 70.8 cm³/mol. The smallest absolute Gasteiger partial charge is 0.0945 e. The number of nitrogen functional groups attached to an aromatic ring is 1. The average molecular weight is 230 g/mol. The summed E-state index contributed by atoms with van der Waals surface area (Å²) < 4.78 is 2.09. The van der Waals surface area contributed by atoms with E-state index in [2.05, 4.69) is 14.9 Å². The summed E-state index contributed by atoms with van der Waals surface area (Å²) in [6.45, 7) is 1.97. The van der Waals surface area contributed by atoms with E-state index in [0.717, 1.165) is 37.3 Å². The van der Waals surface area contributed by atoms with Gasteiger partial charge in [0.1, 0.15) is 0 Å². The predicted octanol–water partition coefficient (Wildman–Crippen LogP) is 2.36. The molecule has 2 aromatic rings. The molecule has 0 radical (unpaired) electrons. The lowest BCUT2D eigenvalue weighted by Gasteiger charge is -2.08. The van der Waals surface area contributed by atoms with E-state index in [9.17, 15) is 0 Å². The molecule has 90 valence electrons. The van der Waals surface area contributed by atoms with Crippen LogP contribution in [-0.2, 0) is 6.54 Å². The molecular formula is C13H18N4. The fourth-order valence-corrected chi connectivity index (χ4v) is 1.72. The Hall–Kier alpha value is -1.97. The Kier molecular flexibility index (Phi) is 4.02. The summed E-state index contributed by atoms with van der Waals surface area (Å²) in [5, 5.41) is 3.34. The van der Waals surface area contributed by atoms with Crippen molar-refractivity contribution in [1.82, 2.24) is 9.55 Å². The minimum atomic E-state index is 0.808. The van der Waals surface area contributed by atoms with Crippen LogP contribution in [0.25, 0.3) is 0 Å². The van der Waals surface area contributed by atoms with Gasteiger partial charge in [-0.15, -0.1) is 0 Å². The largest absolute Gasteiger partial charge is 0.397 e. The van der Waals surface area contributed by atoms with E-state index in [0.29, 0.717) is 0 Å². The lowest BCUT2D eigenvalue weighted by molar-refractivity contribution is 0.621. The summed E-state index contributed by atoms with van der Waals surface area (Å²) >= 11 is 0. The Morgan fingerprint density at radius 2 is 2.12 bits per heavy atom. The minimum Gasteiger partial charge on any atom is -0.397 e. The second-order valence-corrected chi connectivity index (χ2v) is 4.02.